The third-order valence-corrected chi connectivity index (χ3v) is 5.42. The standard InChI is InChI=1S/C21H18Cl2N8O3/c1-3-33-14-7-4-12(5-8-14)11(2)25-27-21(32)17-18(13-6-9-15(22)16(23)10-13)31(30-26-17)20-19(24)28-34-29-20/h4-10H,3H2,1-2H3,(H2,24,28)(H,27,32). The van der Waals surface area contributed by atoms with Gasteiger partial charge < -0.3 is 10.5 Å². The summed E-state index contributed by atoms with van der Waals surface area (Å²) in [6.07, 6.45) is 0. The Morgan fingerprint density at radius 2 is 1.94 bits per heavy atom. The van der Waals surface area contributed by atoms with Gasteiger partial charge in [0.1, 0.15) is 11.4 Å². The molecular formula is C21H18Cl2N8O3. The van der Waals surface area contributed by atoms with Crippen LogP contribution in [-0.4, -0.2) is 43.5 Å². The molecule has 2 aromatic heterocycles. The van der Waals surface area contributed by atoms with Gasteiger partial charge in [0.2, 0.25) is 11.6 Å². The summed E-state index contributed by atoms with van der Waals surface area (Å²) in [5.74, 6) is 0.143. The van der Waals surface area contributed by atoms with Crippen LogP contribution in [-0.2, 0) is 0 Å². The first-order chi connectivity index (χ1) is 16.4. The number of benzene rings is 2. The lowest BCUT2D eigenvalue weighted by molar-refractivity contribution is 0.0950. The average Bonchev–Trinajstić information content (AvgIpc) is 3.45. The van der Waals surface area contributed by atoms with Crippen LogP contribution in [0, 0.1) is 0 Å². The first kappa shape index (κ1) is 23.2. The highest BCUT2D eigenvalue weighted by Gasteiger charge is 2.25. The summed E-state index contributed by atoms with van der Waals surface area (Å²) in [7, 11) is 0. The summed E-state index contributed by atoms with van der Waals surface area (Å²) >= 11 is 12.2. The van der Waals surface area contributed by atoms with Gasteiger partial charge in [-0.15, -0.1) is 5.10 Å². The molecule has 0 saturated carbocycles. The van der Waals surface area contributed by atoms with Crippen LogP contribution in [0.25, 0.3) is 17.1 Å². The van der Waals surface area contributed by atoms with Crippen LogP contribution < -0.4 is 15.9 Å². The third-order valence-electron chi connectivity index (χ3n) is 4.68. The van der Waals surface area contributed by atoms with E-state index in [1.54, 1.807) is 25.1 Å². The van der Waals surface area contributed by atoms with E-state index in [4.69, 9.17) is 33.7 Å². The van der Waals surface area contributed by atoms with Gasteiger partial charge in [-0.05, 0) is 66.1 Å². The van der Waals surface area contributed by atoms with Gasteiger partial charge in [-0.25, -0.2) is 10.1 Å². The van der Waals surface area contributed by atoms with Crippen LogP contribution in [0.2, 0.25) is 10.0 Å². The van der Waals surface area contributed by atoms with Crippen molar-refractivity contribution in [3.8, 4) is 22.8 Å². The summed E-state index contributed by atoms with van der Waals surface area (Å²) < 4.78 is 11.3. The number of halogens is 2. The smallest absolute Gasteiger partial charge is 0.294 e. The second kappa shape index (κ2) is 9.89. The number of rotatable bonds is 7. The summed E-state index contributed by atoms with van der Waals surface area (Å²) in [5, 5.41) is 20.1. The van der Waals surface area contributed by atoms with Crippen molar-refractivity contribution in [2.45, 2.75) is 13.8 Å². The van der Waals surface area contributed by atoms with Crippen LogP contribution in [0.15, 0.2) is 52.2 Å². The average molecular weight is 501 g/mol. The molecule has 2 heterocycles. The summed E-state index contributed by atoms with van der Waals surface area (Å²) in [6, 6.07) is 12.1. The van der Waals surface area contributed by atoms with Crippen molar-refractivity contribution in [3.05, 3.63) is 63.8 Å². The predicted octanol–water partition coefficient (Wildman–Crippen LogP) is 3.76. The second-order valence-electron chi connectivity index (χ2n) is 6.90. The maximum Gasteiger partial charge on any atom is 0.294 e. The molecule has 3 N–H and O–H groups in total. The number of hydrogen-bond donors (Lipinski definition) is 2. The number of ether oxygens (including phenoxy) is 1. The fraction of sp³-hybridized carbons (Fsp3) is 0.143. The Hall–Kier alpha value is -3.96. The van der Waals surface area contributed by atoms with Crippen molar-refractivity contribution >= 4 is 40.6 Å². The van der Waals surface area contributed by atoms with E-state index in [2.05, 4.69) is 35.8 Å². The van der Waals surface area contributed by atoms with Crippen molar-refractivity contribution in [1.29, 1.82) is 0 Å². The molecule has 0 saturated heterocycles. The molecular weight excluding hydrogens is 483 g/mol. The third kappa shape index (κ3) is 4.70. The zero-order valence-corrected chi connectivity index (χ0v) is 19.5. The molecule has 34 heavy (non-hydrogen) atoms. The Morgan fingerprint density at radius 3 is 2.59 bits per heavy atom. The minimum absolute atomic E-state index is 0.0393. The number of nitrogens with one attached hydrogen (secondary N) is 1. The van der Waals surface area contributed by atoms with E-state index in [0.29, 0.717) is 22.9 Å². The summed E-state index contributed by atoms with van der Waals surface area (Å²) in [4.78, 5) is 13.0. The quantitative estimate of drug-likeness (QED) is 0.288. The number of carbonyl (C=O) groups is 1. The number of nitrogens with zero attached hydrogens (tertiary/aromatic N) is 6. The molecule has 0 fully saturated rings. The zero-order valence-electron chi connectivity index (χ0n) is 18.0. The Labute approximate surface area is 203 Å². The van der Waals surface area contributed by atoms with Crippen molar-refractivity contribution in [2.75, 3.05) is 12.3 Å². The molecule has 0 atom stereocenters. The minimum Gasteiger partial charge on any atom is -0.494 e. The van der Waals surface area contributed by atoms with Crippen molar-refractivity contribution in [1.82, 2.24) is 30.7 Å². The number of aromatic nitrogens is 5. The lowest BCUT2D eigenvalue weighted by Crippen LogP contribution is -2.21. The Kier molecular flexibility index (Phi) is 6.75. The molecule has 4 aromatic rings. The van der Waals surface area contributed by atoms with Crippen LogP contribution in [0.1, 0.15) is 29.9 Å². The molecule has 0 aliphatic carbocycles. The first-order valence-electron chi connectivity index (χ1n) is 9.96. The lowest BCUT2D eigenvalue weighted by Gasteiger charge is -2.08. The van der Waals surface area contributed by atoms with Gasteiger partial charge in [0.05, 0.1) is 22.4 Å². The van der Waals surface area contributed by atoms with Gasteiger partial charge in [0.25, 0.3) is 5.91 Å². The van der Waals surface area contributed by atoms with Crippen LogP contribution in [0.3, 0.4) is 0 Å². The van der Waals surface area contributed by atoms with E-state index in [0.717, 1.165) is 11.3 Å². The highest BCUT2D eigenvalue weighted by Crippen LogP contribution is 2.31. The van der Waals surface area contributed by atoms with E-state index in [1.807, 2.05) is 31.2 Å². The topological polar surface area (TPSA) is 146 Å². The van der Waals surface area contributed by atoms with Crippen LogP contribution in [0.5, 0.6) is 5.75 Å². The monoisotopic (exact) mass is 500 g/mol. The van der Waals surface area contributed by atoms with E-state index in [-0.39, 0.29) is 28.0 Å². The van der Waals surface area contributed by atoms with Gasteiger partial charge in [-0.1, -0.05) is 34.5 Å². The maximum atomic E-state index is 13.0. The summed E-state index contributed by atoms with van der Waals surface area (Å²) in [5.41, 5.74) is 10.4. The minimum atomic E-state index is -0.618. The molecule has 0 spiro atoms. The number of nitrogen functional groups attached to an aromatic ring is 1. The van der Waals surface area contributed by atoms with Gasteiger partial charge in [-0.3, -0.25) is 4.79 Å². The molecule has 1 amide bonds. The van der Waals surface area contributed by atoms with Gasteiger partial charge >= 0.3 is 0 Å². The highest BCUT2D eigenvalue weighted by molar-refractivity contribution is 6.42. The molecule has 0 aliphatic rings. The van der Waals surface area contributed by atoms with E-state index in [1.165, 1.54) is 4.68 Å². The van der Waals surface area contributed by atoms with Gasteiger partial charge in [0.15, 0.2) is 5.69 Å². The molecule has 13 heteroatoms. The number of hydrazone groups is 1. The molecule has 0 aliphatic heterocycles. The SMILES string of the molecule is CCOc1ccc(C(C)=NNC(=O)c2nnn(-c3nonc3N)c2-c2ccc(Cl)c(Cl)c2)cc1. The molecule has 2 aromatic carbocycles. The maximum absolute atomic E-state index is 13.0. The van der Waals surface area contributed by atoms with Crippen LogP contribution >= 0.6 is 23.2 Å². The number of hydrogen-bond acceptors (Lipinski definition) is 9. The molecule has 11 nitrogen and oxygen atoms in total. The first-order valence-corrected chi connectivity index (χ1v) is 10.7. The zero-order chi connectivity index (χ0) is 24.2. The highest BCUT2D eigenvalue weighted by atomic mass is 35.5. The second-order valence-corrected chi connectivity index (χ2v) is 7.71. The molecule has 0 unspecified atom stereocenters. The van der Waals surface area contributed by atoms with Gasteiger partial charge in [0, 0.05) is 5.56 Å². The fourth-order valence-electron chi connectivity index (χ4n) is 3.03. The number of amides is 1. The number of carbonyl (C=O) groups excluding carboxylic acids is 1. The lowest BCUT2D eigenvalue weighted by atomic mass is 10.1. The van der Waals surface area contributed by atoms with Gasteiger partial charge in [-0.2, -0.15) is 9.78 Å². The Balaban J connectivity index is 1.67. The number of nitrogens with two attached hydrogens (primary N) is 1. The largest absolute Gasteiger partial charge is 0.494 e. The summed E-state index contributed by atoms with van der Waals surface area (Å²) in [6.45, 7) is 4.24. The van der Waals surface area contributed by atoms with Crippen molar-refractivity contribution < 1.29 is 14.2 Å². The fourth-order valence-corrected chi connectivity index (χ4v) is 3.33. The molecule has 0 bridgehead atoms. The number of anilines is 1. The molecule has 4 rings (SSSR count). The Bertz CT molecular complexity index is 1360. The van der Waals surface area contributed by atoms with Crippen LogP contribution in [0.4, 0.5) is 5.82 Å². The molecule has 0 radical (unpaired) electrons. The molecule has 174 valence electrons. The van der Waals surface area contributed by atoms with E-state index >= 15 is 0 Å². The Morgan fingerprint density at radius 1 is 1.18 bits per heavy atom. The van der Waals surface area contributed by atoms with E-state index in [9.17, 15) is 4.79 Å². The van der Waals surface area contributed by atoms with Crippen molar-refractivity contribution in [2.24, 2.45) is 5.10 Å². The predicted molar refractivity (Wildman–Crippen MR) is 126 cm³/mol. The van der Waals surface area contributed by atoms with E-state index < -0.39 is 5.91 Å². The normalized spacial score (nSPS) is 11.5. The van der Waals surface area contributed by atoms with Crippen molar-refractivity contribution in [3.63, 3.8) is 0 Å².